The number of likely N-dealkylation sites (tertiary alicyclic amines) is 3. The van der Waals surface area contributed by atoms with Gasteiger partial charge in [0.25, 0.3) is 0 Å². The van der Waals surface area contributed by atoms with Crippen LogP contribution in [0.5, 0.6) is 0 Å². The minimum atomic E-state index is -0.833. The van der Waals surface area contributed by atoms with Crippen LogP contribution in [0.25, 0.3) is 0 Å². The molecular formula is C58H65FN6O6. The van der Waals surface area contributed by atoms with Crippen LogP contribution in [0.15, 0.2) is 145 Å². The number of aliphatic hydroxyl groups is 2. The van der Waals surface area contributed by atoms with E-state index in [1.54, 1.807) is 21.9 Å². The summed E-state index contributed by atoms with van der Waals surface area (Å²) in [6, 6.07) is 38.5. The molecule has 13 heteroatoms. The molecule has 3 saturated heterocycles. The van der Waals surface area contributed by atoms with Gasteiger partial charge in [-0.1, -0.05) is 109 Å². The minimum absolute atomic E-state index is 0.0877. The number of piperidine rings is 1. The highest BCUT2D eigenvalue weighted by molar-refractivity contribution is 6.00. The number of nitrogens with zero attached hydrogens (tertiary/aromatic N) is 4. The Morgan fingerprint density at radius 2 is 1.10 bits per heavy atom. The van der Waals surface area contributed by atoms with Crippen LogP contribution >= 0.6 is 0 Å². The standard InChI is InChI=1S/C58H65FN6O6/c59-45-24-30-48(31-25-45)63(37-41-22-28-47(29-23-41)61-56(69)52-35-50(67)39-65(52)58(71)54(44-18-10-4-11-19-44)62-32-12-5-13-33-62)36-40-20-26-46(27-21-40)60-55(68)51-34-49(66)38-64(51)57(70)53(43-16-8-3-9-17-43)42-14-6-1-2-7-15-42/h3-4,8-11,14,16-31,49-54,66-67H,1-2,5-7,12-13,15,32-39H2,(H,60,68)(H,61,69)/t49?,50-,51?,52?,53?,54+/m0/s1. The maximum absolute atomic E-state index is 14.5. The molecule has 0 saturated carbocycles. The van der Waals surface area contributed by atoms with Crippen LogP contribution in [-0.2, 0) is 32.3 Å². The normalized spacial score (nSPS) is 21.4. The molecule has 6 atom stereocenters. The van der Waals surface area contributed by atoms with Crippen molar-refractivity contribution in [2.45, 2.75) is 114 Å². The Labute approximate surface area is 416 Å². The van der Waals surface area contributed by atoms with E-state index in [1.807, 2.05) is 109 Å². The number of carbonyl (C=O) groups excluding carboxylic acids is 4. The summed E-state index contributed by atoms with van der Waals surface area (Å²) in [6.07, 6.45) is 8.93. The molecule has 4 N–H and O–H groups in total. The van der Waals surface area contributed by atoms with Gasteiger partial charge in [0, 0.05) is 56.1 Å². The Balaban J connectivity index is 0.848. The summed E-state index contributed by atoms with van der Waals surface area (Å²) in [5.74, 6) is -1.91. The van der Waals surface area contributed by atoms with Crippen molar-refractivity contribution in [1.82, 2.24) is 14.7 Å². The van der Waals surface area contributed by atoms with E-state index in [4.69, 9.17) is 0 Å². The van der Waals surface area contributed by atoms with Gasteiger partial charge >= 0.3 is 0 Å². The first-order chi connectivity index (χ1) is 34.6. The van der Waals surface area contributed by atoms with Crippen molar-refractivity contribution >= 4 is 40.7 Å². The van der Waals surface area contributed by atoms with E-state index < -0.39 is 36.3 Å². The molecule has 4 amide bonds. The molecule has 1 aliphatic carbocycles. The summed E-state index contributed by atoms with van der Waals surface area (Å²) < 4.78 is 14.2. The van der Waals surface area contributed by atoms with E-state index >= 15 is 0 Å². The maximum atomic E-state index is 14.5. The van der Waals surface area contributed by atoms with Crippen molar-refractivity contribution in [2.75, 3.05) is 41.7 Å². The molecule has 0 aromatic heterocycles. The average molecular weight is 961 g/mol. The molecule has 71 heavy (non-hydrogen) atoms. The second kappa shape index (κ2) is 23.0. The lowest BCUT2D eigenvalue weighted by molar-refractivity contribution is -0.142. The summed E-state index contributed by atoms with van der Waals surface area (Å²) in [4.78, 5) is 64.1. The number of β-amino-alcohol motifs (C(OH)–C–C–N with tert-alkyl or cyclic N) is 2. The zero-order valence-corrected chi connectivity index (χ0v) is 40.3. The van der Waals surface area contributed by atoms with E-state index in [1.165, 1.54) is 12.1 Å². The predicted molar refractivity (Wildman–Crippen MR) is 274 cm³/mol. The van der Waals surface area contributed by atoms with Gasteiger partial charge < -0.3 is 35.5 Å². The van der Waals surface area contributed by atoms with Crippen molar-refractivity contribution in [3.63, 3.8) is 0 Å². The quantitative estimate of drug-likeness (QED) is 0.0763. The van der Waals surface area contributed by atoms with Gasteiger partial charge in [-0.2, -0.15) is 0 Å². The molecule has 3 aliphatic heterocycles. The number of amides is 4. The molecule has 3 heterocycles. The van der Waals surface area contributed by atoms with Gasteiger partial charge in [0.05, 0.1) is 18.1 Å². The van der Waals surface area contributed by atoms with E-state index in [2.05, 4.69) is 26.5 Å². The number of halogens is 1. The van der Waals surface area contributed by atoms with Gasteiger partial charge in [0.15, 0.2) is 0 Å². The van der Waals surface area contributed by atoms with Crippen molar-refractivity contribution in [3.05, 3.63) is 173 Å². The summed E-state index contributed by atoms with van der Waals surface area (Å²) in [5.41, 5.74) is 6.62. The Morgan fingerprint density at radius 1 is 0.592 bits per heavy atom. The predicted octanol–water partition coefficient (Wildman–Crippen LogP) is 8.73. The summed E-state index contributed by atoms with van der Waals surface area (Å²) >= 11 is 0. The topological polar surface area (TPSA) is 146 Å². The second-order valence-electron chi connectivity index (χ2n) is 19.6. The molecule has 5 aromatic rings. The third kappa shape index (κ3) is 12.1. The molecule has 370 valence electrons. The molecule has 0 spiro atoms. The Morgan fingerprint density at radius 3 is 1.65 bits per heavy atom. The molecule has 12 nitrogen and oxygen atoms in total. The Kier molecular flexibility index (Phi) is 16.0. The molecule has 9 rings (SSSR count). The summed E-state index contributed by atoms with van der Waals surface area (Å²) in [6.45, 7) is 2.66. The monoisotopic (exact) mass is 960 g/mol. The van der Waals surface area contributed by atoms with Crippen molar-refractivity contribution in [1.29, 1.82) is 0 Å². The van der Waals surface area contributed by atoms with Crippen LogP contribution in [0.2, 0.25) is 0 Å². The molecule has 0 radical (unpaired) electrons. The number of allylic oxidation sites excluding steroid dienone is 1. The van der Waals surface area contributed by atoms with Gasteiger partial charge in [-0.25, -0.2) is 4.39 Å². The molecule has 4 aliphatic rings. The largest absolute Gasteiger partial charge is 0.391 e. The van der Waals surface area contributed by atoms with Crippen molar-refractivity contribution in [2.24, 2.45) is 0 Å². The van der Waals surface area contributed by atoms with Gasteiger partial charge in [-0.3, -0.25) is 24.1 Å². The third-order valence-corrected chi connectivity index (χ3v) is 14.5. The highest BCUT2D eigenvalue weighted by Gasteiger charge is 2.44. The molecule has 5 aromatic carbocycles. The SMILES string of the molecule is O=C(Nc1ccc(CN(Cc2ccc(NC(=O)C3C[C@H](O)CN3C(=O)[C@@H](c3ccccc3)N3CCCCC3)cc2)c2ccc(F)cc2)cc1)C1CC(O)CN1C(=O)C(C1=CCCCCC1)c1ccccc1. The van der Waals surface area contributed by atoms with Gasteiger partial charge in [0.2, 0.25) is 23.6 Å². The second-order valence-corrected chi connectivity index (χ2v) is 19.6. The lowest BCUT2D eigenvalue weighted by Gasteiger charge is -2.37. The molecule has 4 unspecified atom stereocenters. The molecule has 3 fully saturated rings. The van der Waals surface area contributed by atoms with Gasteiger partial charge in [0.1, 0.15) is 23.9 Å². The molecule has 0 bridgehead atoms. The summed E-state index contributed by atoms with van der Waals surface area (Å²) in [5, 5.41) is 27.6. The van der Waals surface area contributed by atoms with Crippen LogP contribution in [0.4, 0.5) is 21.5 Å². The smallest absolute Gasteiger partial charge is 0.247 e. The van der Waals surface area contributed by atoms with E-state index in [0.29, 0.717) is 24.5 Å². The van der Waals surface area contributed by atoms with Gasteiger partial charge in [-0.05, 0) is 122 Å². The Bertz CT molecular complexity index is 2630. The molecular weight excluding hydrogens is 896 g/mol. The first-order valence-corrected chi connectivity index (χ1v) is 25.4. The van der Waals surface area contributed by atoms with Crippen LogP contribution in [0, 0.1) is 5.82 Å². The van der Waals surface area contributed by atoms with Crippen LogP contribution in [0.1, 0.15) is 98.4 Å². The van der Waals surface area contributed by atoms with Crippen LogP contribution in [-0.4, -0.2) is 99.0 Å². The first kappa shape index (κ1) is 49.3. The van der Waals surface area contributed by atoms with Crippen molar-refractivity contribution < 1.29 is 33.8 Å². The minimum Gasteiger partial charge on any atom is -0.391 e. The fourth-order valence-corrected chi connectivity index (χ4v) is 10.9. The van der Waals surface area contributed by atoms with E-state index in [-0.39, 0.29) is 55.4 Å². The fraction of sp³-hybridized carbons (Fsp3) is 0.379. The first-order valence-electron chi connectivity index (χ1n) is 25.4. The summed E-state index contributed by atoms with van der Waals surface area (Å²) in [7, 11) is 0. The van der Waals surface area contributed by atoms with Gasteiger partial charge in [-0.15, -0.1) is 0 Å². The van der Waals surface area contributed by atoms with Crippen LogP contribution in [0.3, 0.4) is 0 Å². The van der Waals surface area contributed by atoms with Crippen molar-refractivity contribution in [3.8, 4) is 0 Å². The lowest BCUT2D eigenvalue weighted by Crippen LogP contribution is -2.49. The number of hydrogen-bond acceptors (Lipinski definition) is 8. The highest BCUT2D eigenvalue weighted by atomic mass is 19.1. The average Bonchev–Trinajstić information content (AvgIpc) is 3.88. The maximum Gasteiger partial charge on any atom is 0.247 e. The van der Waals surface area contributed by atoms with Crippen LogP contribution < -0.4 is 15.5 Å². The Hall–Kier alpha value is -6.67. The van der Waals surface area contributed by atoms with E-state index in [0.717, 1.165) is 98.0 Å². The number of rotatable bonds is 15. The number of anilines is 3. The lowest BCUT2D eigenvalue weighted by atomic mass is 9.87. The number of nitrogens with one attached hydrogen (secondary N) is 2. The number of carbonyl (C=O) groups is 4. The zero-order chi connectivity index (χ0) is 49.3. The number of hydrogen-bond donors (Lipinski definition) is 4. The number of aliphatic hydroxyl groups excluding tert-OH is 2. The van der Waals surface area contributed by atoms with E-state index in [9.17, 15) is 33.8 Å². The highest BCUT2D eigenvalue weighted by Crippen LogP contribution is 2.36. The third-order valence-electron chi connectivity index (χ3n) is 14.5. The zero-order valence-electron chi connectivity index (χ0n) is 40.3. The number of benzene rings is 5. The fourth-order valence-electron chi connectivity index (χ4n) is 10.9.